The molecule has 0 saturated heterocycles. The Labute approximate surface area is 162 Å². The number of fused-ring (bicyclic) bond motifs is 1. The number of carboxylic acids is 1. The zero-order valence-corrected chi connectivity index (χ0v) is 15.2. The molecule has 0 aromatic heterocycles. The molecule has 2 nitrogen and oxygen atoms in total. The Bertz CT molecular complexity index is 1150. The van der Waals surface area contributed by atoms with Crippen molar-refractivity contribution in [1.29, 1.82) is 0 Å². The smallest absolute Gasteiger partial charge is 0.335 e. The first kappa shape index (κ1) is 17.9. The SMILES string of the molecule is O=C(O)c1ccc(-c2ccc(F)cc2)cc1CCc1ccc2ccccc2c1. The van der Waals surface area contributed by atoms with Crippen molar-refractivity contribution in [2.75, 3.05) is 0 Å². The van der Waals surface area contributed by atoms with Crippen LogP contribution in [0.5, 0.6) is 0 Å². The molecule has 0 atom stereocenters. The molecular formula is C25H19FO2. The standard InChI is InChI=1S/C25H19FO2/c26-23-12-9-19(10-13-23)21-11-14-24(25(27)28)22(16-21)8-6-17-5-7-18-3-1-2-4-20(18)15-17/h1-5,7,9-16H,6,8H2,(H,27,28). The summed E-state index contributed by atoms with van der Waals surface area (Å²) in [4.78, 5) is 11.7. The number of aryl methyl sites for hydroxylation is 2. The predicted molar refractivity (Wildman–Crippen MR) is 110 cm³/mol. The van der Waals surface area contributed by atoms with Crippen LogP contribution in [0.4, 0.5) is 4.39 Å². The summed E-state index contributed by atoms with van der Waals surface area (Å²) in [6.45, 7) is 0. The van der Waals surface area contributed by atoms with E-state index in [1.807, 2.05) is 18.2 Å². The topological polar surface area (TPSA) is 37.3 Å². The minimum Gasteiger partial charge on any atom is -0.478 e. The molecule has 1 N–H and O–H groups in total. The minimum atomic E-state index is -0.931. The third kappa shape index (κ3) is 3.79. The molecule has 28 heavy (non-hydrogen) atoms. The van der Waals surface area contributed by atoms with Crippen LogP contribution in [0, 0.1) is 5.82 Å². The van der Waals surface area contributed by atoms with Gasteiger partial charge in [0, 0.05) is 0 Å². The van der Waals surface area contributed by atoms with Crippen molar-refractivity contribution in [2.45, 2.75) is 12.8 Å². The molecule has 0 aliphatic carbocycles. The van der Waals surface area contributed by atoms with Gasteiger partial charge in [-0.1, -0.05) is 66.7 Å². The predicted octanol–water partition coefficient (Wildman–Crippen LogP) is 6.13. The van der Waals surface area contributed by atoms with Crippen LogP contribution in [0.25, 0.3) is 21.9 Å². The maximum Gasteiger partial charge on any atom is 0.335 e. The lowest BCUT2D eigenvalue weighted by atomic mass is 9.94. The van der Waals surface area contributed by atoms with Crippen LogP contribution in [0.15, 0.2) is 84.9 Å². The molecule has 0 aliphatic rings. The number of aromatic carboxylic acids is 1. The van der Waals surface area contributed by atoms with Gasteiger partial charge < -0.3 is 5.11 Å². The van der Waals surface area contributed by atoms with Crippen LogP contribution in [0.2, 0.25) is 0 Å². The number of carbonyl (C=O) groups is 1. The van der Waals surface area contributed by atoms with E-state index < -0.39 is 5.97 Å². The fourth-order valence-corrected chi connectivity index (χ4v) is 3.50. The monoisotopic (exact) mass is 370 g/mol. The molecule has 0 heterocycles. The lowest BCUT2D eigenvalue weighted by molar-refractivity contribution is 0.0695. The first-order valence-electron chi connectivity index (χ1n) is 9.20. The second kappa shape index (κ2) is 7.65. The van der Waals surface area contributed by atoms with Crippen LogP contribution < -0.4 is 0 Å². The molecule has 0 unspecified atom stereocenters. The number of halogens is 1. The Morgan fingerprint density at radius 1 is 0.750 bits per heavy atom. The molecule has 0 radical (unpaired) electrons. The molecule has 3 heteroatoms. The summed E-state index contributed by atoms with van der Waals surface area (Å²) < 4.78 is 13.2. The molecule has 0 spiro atoms. The van der Waals surface area contributed by atoms with E-state index >= 15 is 0 Å². The van der Waals surface area contributed by atoms with Gasteiger partial charge in [0.1, 0.15) is 5.82 Å². The van der Waals surface area contributed by atoms with Crippen molar-refractivity contribution < 1.29 is 14.3 Å². The van der Waals surface area contributed by atoms with Crippen LogP contribution in [0.1, 0.15) is 21.5 Å². The summed E-state index contributed by atoms with van der Waals surface area (Å²) in [5.74, 6) is -1.22. The van der Waals surface area contributed by atoms with E-state index in [4.69, 9.17) is 0 Å². The van der Waals surface area contributed by atoms with Gasteiger partial charge in [-0.15, -0.1) is 0 Å². The van der Waals surface area contributed by atoms with Gasteiger partial charge in [0.2, 0.25) is 0 Å². The average Bonchev–Trinajstić information content (AvgIpc) is 2.72. The lowest BCUT2D eigenvalue weighted by Gasteiger charge is -2.10. The number of hydrogen-bond donors (Lipinski definition) is 1. The minimum absolute atomic E-state index is 0.289. The summed E-state index contributed by atoms with van der Waals surface area (Å²) in [5.41, 5.74) is 4.01. The Balaban J connectivity index is 1.63. The molecule has 4 aromatic rings. The number of carboxylic acid groups (broad SMARTS) is 1. The summed E-state index contributed by atoms with van der Waals surface area (Å²) in [7, 11) is 0. The van der Waals surface area contributed by atoms with Crippen molar-refractivity contribution in [3.63, 3.8) is 0 Å². The molecule has 0 saturated carbocycles. The highest BCUT2D eigenvalue weighted by molar-refractivity contribution is 5.90. The summed E-state index contributed by atoms with van der Waals surface area (Å²) in [6, 6.07) is 26.1. The Morgan fingerprint density at radius 2 is 1.46 bits per heavy atom. The van der Waals surface area contributed by atoms with Crippen molar-refractivity contribution in [3.8, 4) is 11.1 Å². The molecule has 0 amide bonds. The fraction of sp³-hybridized carbons (Fsp3) is 0.0800. The Hall–Kier alpha value is -3.46. The highest BCUT2D eigenvalue weighted by atomic mass is 19.1. The van der Waals surface area contributed by atoms with E-state index in [0.29, 0.717) is 12.0 Å². The highest BCUT2D eigenvalue weighted by Gasteiger charge is 2.12. The van der Waals surface area contributed by atoms with E-state index in [9.17, 15) is 14.3 Å². The number of rotatable bonds is 5. The Morgan fingerprint density at radius 3 is 2.21 bits per heavy atom. The fourth-order valence-electron chi connectivity index (χ4n) is 3.50. The highest BCUT2D eigenvalue weighted by Crippen LogP contribution is 2.25. The third-order valence-corrected chi connectivity index (χ3v) is 5.01. The van der Waals surface area contributed by atoms with Gasteiger partial charge in [0.05, 0.1) is 5.56 Å². The van der Waals surface area contributed by atoms with Gasteiger partial charge in [-0.25, -0.2) is 9.18 Å². The zero-order valence-electron chi connectivity index (χ0n) is 15.2. The number of benzene rings is 4. The summed E-state index contributed by atoms with van der Waals surface area (Å²) in [5, 5.41) is 11.9. The van der Waals surface area contributed by atoms with E-state index in [2.05, 4.69) is 30.3 Å². The third-order valence-electron chi connectivity index (χ3n) is 5.01. The van der Waals surface area contributed by atoms with Crippen molar-refractivity contribution in [1.82, 2.24) is 0 Å². The van der Waals surface area contributed by atoms with E-state index in [-0.39, 0.29) is 5.82 Å². The van der Waals surface area contributed by atoms with Gasteiger partial charge >= 0.3 is 5.97 Å². The van der Waals surface area contributed by atoms with Crippen molar-refractivity contribution >= 4 is 16.7 Å². The molecule has 0 bridgehead atoms. The molecule has 0 fully saturated rings. The van der Waals surface area contributed by atoms with E-state index in [1.165, 1.54) is 28.5 Å². The molecule has 0 aliphatic heterocycles. The number of hydrogen-bond acceptors (Lipinski definition) is 1. The van der Waals surface area contributed by atoms with Gasteiger partial charge in [-0.2, -0.15) is 0 Å². The van der Waals surface area contributed by atoms with Gasteiger partial charge in [-0.3, -0.25) is 0 Å². The van der Waals surface area contributed by atoms with Crippen molar-refractivity contribution in [2.24, 2.45) is 0 Å². The molecule has 4 aromatic carbocycles. The largest absolute Gasteiger partial charge is 0.478 e. The second-order valence-corrected chi connectivity index (χ2v) is 6.87. The Kier molecular flexibility index (Phi) is 4.90. The van der Waals surface area contributed by atoms with Gasteiger partial charge in [-0.05, 0) is 64.1 Å². The quantitative estimate of drug-likeness (QED) is 0.459. The van der Waals surface area contributed by atoms with E-state index in [1.54, 1.807) is 24.3 Å². The first-order chi connectivity index (χ1) is 13.6. The van der Waals surface area contributed by atoms with Crippen molar-refractivity contribution in [3.05, 3.63) is 107 Å². The van der Waals surface area contributed by atoms with E-state index in [0.717, 1.165) is 23.1 Å². The van der Waals surface area contributed by atoms with Crippen LogP contribution >= 0.6 is 0 Å². The lowest BCUT2D eigenvalue weighted by Crippen LogP contribution is -2.04. The van der Waals surface area contributed by atoms with Gasteiger partial charge in [0.25, 0.3) is 0 Å². The molecular weight excluding hydrogens is 351 g/mol. The first-order valence-corrected chi connectivity index (χ1v) is 9.20. The normalized spacial score (nSPS) is 10.9. The molecule has 138 valence electrons. The zero-order chi connectivity index (χ0) is 19.5. The van der Waals surface area contributed by atoms with Gasteiger partial charge in [0.15, 0.2) is 0 Å². The van der Waals surface area contributed by atoms with Crippen LogP contribution in [-0.2, 0) is 12.8 Å². The summed E-state index contributed by atoms with van der Waals surface area (Å²) >= 11 is 0. The maximum atomic E-state index is 13.2. The van der Waals surface area contributed by atoms with Crippen LogP contribution in [0.3, 0.4) is 0 Å². The average molecular weight is 370 g/mol. The van der Waals surface area contributed by atoms with Crippen LogP contribution in [-0.4, -0.2) is 11.1 Å². The summed E-state index contributed by atoms with van der Waals surface area (Å²) in [6.07, 6.45) is 1.37. The molecule has 4 rings (SSSR count). The second-order valence-electron chi connectivity index (χ2n) is 6.87. The maximum absolute atomic E-state index is 13.2.